The first kappa shape index (κ1) is 22.5. The average Bonchev–Trinajstić information content (AvgIpc) is 2.99. The molecule has 0 amide bonds. The summed E-state index contributed by atoms with van der Waals surface area (Å²) < 4.78 is 2.27. The zero-order valence-corrected chi connectivity index (χ0v) is 14.1. The van der Waals surface area contributed by atoms with Crippen molar-refractivity contribution in [3.05, 3.63) is 48.6 Å². The summed E-state index contributed by atoms with van der Waals surface area (Å²) in [5, 5.41) is 0. The summed E-state index contributed by atoms with van der Waals surface area (Å²) >= 11 is 1.56. The Labute approximate surface area is 133 Å². The van der Waals surface area contributed by atoms with Gasteiger partial charge in [0, 0.05) is 0 Å². The van der Waals surface area contributed by atoms with Crippen LogP contribution in [0.3, 0.4) is 0 Å². The van der Waals surface area contributed by atoms with Gasteiger partial charge in [-0.1, -0.05) is 0 Å². The molecule has 0 atom stereocenters. The Balaban J connectivity index is -0.000000163. The minimum atomic E-state index is 0. The van der Waals surface area contributed by atoms with Crippen LogP contribution in [0.4, 0.5) is 0 Å². The molecule has 17 heavy (non-hydrogen) atoms. The molecule has 2 aliphatic rings. The Kier molecular flexibility index (Phi) is 28.5. The molecule has 0 aromatic heterocycles. The van der Waals surface area contributed by atoms with E-state index in [2.05, 4.69) is 34.9 Å². The Morgan fingerprint density at radius 2 is 1.53 bits per heavy atom. The summed E-state index contributed by atoms with van der Waals surface area (Å²) in [6, 6.07) is 0. The number of unbranched alkanes of at least 4 members (excludes halogenated alkanes) is 1. The third-order valence-corrected chi connectivity index (χ3v) is 2.31. The van der Waals surface area contributed by atoms with Crippen molar-refractivity contribution < 1.29 is 49.0 Å². The van der Waals surface area contributed by atoms with Crippen molar-refractivity contribution in [2.75, 3.05) is 0 Å². The van der Waals surface area contributed by atoms with Crippen LogP contribution in [0, 0.1) is 12.2 Å². The topological polar surface area (TPSA) is 0 Å². The minimum Gasteiger partial charge on any atom is -1.00 e. The Hall–Kier alpha value is 0.293. The predicted octanol–water partition coefficient (Wildman–Crippen LogP) is -2.25. The van der Waals surface area contributed by atoms with Gasteiger partial charge in [-0.05, 0) is 0 Å². The third kappa shape index (κ3) is 22.0. The molecule has 0 N–H and O–H groups in total. The van der Waals surface area contributed by atoms with Crippen molar-refractivity contribution in [2.24, 2.45) is 0 Å². The molecular weight excluding hydrogens is 330 g/mol. The molecule has 0 aromatic carbocycles. The van der Waals surface area contributed by atoms with Crippen LogP contribution in [0.25, 0.3) is 0 Å². The molecular formula is C14H18Cl2Zr-2. The van der Waals surface area contributed by atoms with Gasteiger partial charge in [-0.25, -0.2) is 24.3 Å². The molecule has 0 fully saturated rings. The number of hydrogen-bond donors (Lipinski definition) is 0. The summed E-state index contributed by atoms with van der Waals surface area (Å²) in [6.07, 6.45) is 22.6. The second-order valence-electron chi connectivity index (χ2n) is 3.00. The summed E-state index contributed by atoms with van der Waals surface area (Å²) in [7, 11) is 0. The van der Waals surface area contributed by atoms with E-state index >= 15 is 0 Å². The van der Waals surface area contributed by atoms with E-state index in [0.29, 0.717) is 0 Å². The zero-order chi connectivity index (χ0) is 11.2. The molecule has 0 spiro atoms. The molecule has 2 aliphatic carbocycles. The van der Waals surface area contributed by atoms with Crippen LogP contribution in [-0.2, 0) is 24.2 Å². The average molecular weight is 348 g/mol. The van der Waals surface area contributed by atoms with E-state index in [1.165, 1.54) is 12.8 Å². The predicted molar refractivity (Wildman–Crippen MR) is 64.1 cm³/mol. The maximum atomic E-state index is 2.99. The van der Waals surface area contributed by atoms with Crippen LogP contribution >= 0.6 is 0 Å². The Bertz CT molecular complexity index is 211. The van der Waals surface area contributed by atoms with Gasteiger partial charge in [-0.2, -0.15) is 12.2 Å². The maximum Gasteiger partial charge on any atom is -0.109 e. The largest absolute Gasteiger partial charge is 1.00 e. The molecule has 0 unspecified atom stereocenters. The van der Waals surface area contributed by atoms with Crippen LogP contribution in [-0.4, -0.2) is 3.71 Å². The van der Waals surface area contributed by atoms with E-state index in [9.17, 15) is 0 Å². The van der Waals surface area contributed by atoms with Gasteiger partial charge >= 0.3 is 47.7 Å². The zero-order valence-electron chi connectivity index (χ0n) is 10.1. The van der Waals surface area contributed by atoms with Gasteiger partial charge in [0.1, 0.15) is 0 Å². The van der Waals surface area contributed by atoms with Gasteiger partial charge in [-0.3, -0.25) is 12.2 Å². The van der Waals surface area contributed by atoms with E-state index in [0.717, 1.165) is 12.8 Å². The molecule has 2 rings (SSSR count). The first-order valence-corrected chi connectivity index (χ1v) is 6.76. The first-order valence-electron chi connectivity index (χ1n) is 5.34. The molecule has 0 saturated carbocycles. The molecule has 3 heteroatoms. The summed E-state index contributed by atoms with van der Waals surface area (Å²) in [4.78, 5) is 0. The molecule has 0 heterocycles. The van der Waals surface area contributed by atoms with E-state index in [1.54, 1.807) is 24.2 Å². The van der Waals surface area contributed by atoms with Gasteiger partial charge in [0.2, 0.25) is 0 Å². The monoisotopic (exact) mass is 346 g/mol. The fraction of sp³-hybridized carbons (Fsp3) is 0.357. The van der Waals surface area contributed by atoms with Gasteiger partial charge in [0.25, 0.3) is 0 Å². The number of allylic oxidation sites excluding steroid dienone is 8. The van der Waals surface area contributed by atoms with Crippen LogP contribution in [0.2, 0.25) is 0 Å². The van der Waals surface area contributed by atoms with Crippen molar-refractivity contribution >= 4 is 3.71 Å². The van der Waals surface area contributed by atoms with Crippen LogP contribution in [0.1, 0.15) is 32.6 Å². The molecule has 0 aliphatic heterocycles. The Morgan fingerprint density at radius 3 is 1.59 bits per heavy atom. The van der Waals surface area contributed by atoms with Gasteiger partial charge in [0.05, 0.1) is 0 Å². The molecule has 0 nitrogen and oxygen atoms in total. The first-order chi connectivity index (χ1) is 7.41. The third-order valence-electron chi connectivity index (χ3n) is 1.60. The van der Waals surface area contributed by atoms with E-state index < -0.39 is 0 Å². The van der Waals surface area contributed by atoms with Crippen LogP contribution in [0.5, 0.6) is 0 Å². The van der Waals surface area contributed by atoms with E-state index in [1.807, 2.05) is 24.3 Å². The summed E-state index contributed by atoms with van der Waals surface area (Å²) in [6.45, 7) is 2.19. The molecule has 94 valence electrons. The quantitative estimate of drug-likeness (QED) is 0.495. The van der Waals surface area contributed by atoms with Crippen molar-refractivity contribution in [3.63, 3.8) is 0 Å². The molecule has 0 saturated heterocycles. The minimum absolute atomic E-state index is 0. The van der Waals surface area contributed by atoms with Gasteiger partial charge in [-0.15, -0.1) is 12.8 Å². The second kappa shape index (κ2) is 21.6. The number of hydrogen-bond acceptors (Lipinski definition) is 0. The SMILES string of the molecule is CCC[CH]=[Zr+2].[C-]1=CC=CC1.[C-]1=CC=CC1.[Cl-].[Cl-]. The molecule has 0 radical (unpaired) electrons. The number of rotatable bonds is 2. The van der Waals surface area contributed by atoms with E-state index in [-0.39, 0.29) is 24.8 Å². The van der Waals surface area contributed by atoms with Crippen molar-refractivity contribution in [1.29, 1.82) is 0 Å². The summed E-state index contributed by atoms with van der Waals surface area (Å²) in [5.41, 5.74) is 0. The molecule has 0 aromatic rings. The van der Waals surface area contributed by atoms with Crippen LogP contribution < -0.4 is 24.8 Å². The standard InChI is InChI=1S/2C5H5.C4H8.2ClH.Zr/c2*1-2-4-5-3-1;1-3-4-2;;;/h2*1-3H,4H2;1H,3-4H2,2H3;2*1H;/q2*-1;;;;+2/p-2. The molecule has 0 bridgehead atoms. The fourth-order valence-electron chi connectivity index (χ4n) is 0.825. The van der Waals surface area contributed by atoms with Gasteiger partial charge in [0.15, 0.2) is 0 Å². The Morgan fingerprint density at radius 1 is 1.06 bits per heavy atom. The second-order valence-corrected chi connectivity index (χ2v) is 4.00. The van der Waals surface area contributed by atoms with Crippen molar-refractivity contribution in [2.45, 2.75) is 32.6 Å². The van der Waals surface area contributed by atoms with E-state index in [4.69, 9.17) is 0 Å². The van der Waals surface area contributed by atoms with Crippen molar-refractivity contribution in [3.8, 4) is 0 Å². The van der Waals surface area contributed by atoms with Gasteiger partial charge < -0.3 is 24.8 Å². The summed E-state index contributed by atoms with van der Waals surface area (Å²) in [5.74, 6) is 0. The van der Waals surface area contributed by atoms with Crippen LogP contribution in [0.15, 0.2) is 36.5 Å². The maximum absolute atomic E-state index is 2.99. The number of halogens is 2. The fourth-order valence-corrected chi connectivity index (χ4v) is 1.53. The van der Waals surface area contributed by atoms with Crippen molar-refractivity contribution in [1.82, 2.24) is 0 Å². The normalized spacial score (nSPS) is 12.6. The smallest absolute Gasteiger partial charge is 0.109 e.